The Balaban J connectivity index is 1.25. The molecule has 9 rings (SSSR count). The van der Waals surface area contributed by atoms with Crippen molar-refractivity contribution in [3.05, 3.63) is 175 Å². The molecule has 0 bridgehead atoms. The Morgan fingerprint density at radius 3 is 1.83 bits per heavy atom. The van der Waals surface area contributed by atoms with Crippen LogP contribution in [0.4, 0.5) is 17.1 Å². The Kier molecular flexibility index (Phi) is 5.92. The molecular formula is C45H33N. The predicted molar refractivity (Wildman–Crippen MR) is 197 cm³/mol. The van der Waals surface area contributed by atoms with Gasteiger partial charge in [0, 0.05) is 22.2 Å². The fourth-order valence-corrected chi connectivity index (χ4v) is 7.65. The topological polar surface area (TPSA) is 3.24 Å². The van der Waals surface area contributed by atoms with Gasteiger partial charge in [-0.15, -0.1) is 0 Å². The molecule has 1 heteroatoms. The molecule has 0 unspecified atom stereocenters. The van der Waals surface area contributed by atoms with Gasteiger partial charge in [-0.25, -0.2) is 0 Å². The van der Waals surface area contributed by atoms with Crippen molar-refractivity contribution in [2.24, 2.45) is 0 Å². The summed E-state index contributed by atoms with van der Waals surface area (Å²) in [5.41, 5.74) is 11.3. The lowest BCUT2D eigenvalue weighted by Crippen LogP contribution is -2.16. The molecule has 8 aromatic carbocycles. The minimum absolute atomic E-state index is 0.0843. The average Bonchev–Trinajstić information content (AvgIpc) is 3.34. The summed E-state index contributed by atoms with van der Waals surface area (Å²) in [5, 5.41) is 7.54. The summed E-state index contributed by atoms with van der Waals surface area (Å²) in [4.78, 5) is 2.46. The SMILES string of the molecule is CC1(C)c2ccccc2-c2ccc(N(c3ccc(-c4ccc5ccccc5c4)cc3)c3cc4ccccc4c4ccccc34)cc21. The molecule has 0 atom stereocenters. The van der Waals surface area contributed by atoms with Crippen LogP contribution in [0, 0.1) is 0 Å². The van der Waals surface area contributed by atoms with Crippen molar-refractivity contribution in [3.8, 4) is 22.3 Å². The standard InChI is InChI=1S/C45H33N/c1-45(2)42-18-10-9-16-39(42)40-26-25-36(29-43(40)45)46(44-28-34-13-5-6-14-37(34)38-15-7-8-17-41(38)44)35-23-21-31(22-24-35)33-20-19-30-11-3-4-12-32(30)27-33/h3-29H,1-2H3. The second-order valence-electron chi connectivity index (χ2n) is 13.0. The predicted octanol–water partition coefficient (Wildman–Crippen LogP) is 12.6. The molecule has 0 fully saturated rings. The van der Waals surface area contributed by atoms with Crippen molar-refractivity contribution >= 4 is 49.4 Å². The van der Waals surface area contributed by atoms with Crippen LogP contribution in [-0.2, 0) is 5.41 Å². The van der Waals surface area contributed by atoms with Crippen LogP contribution in [0.3, 0.4) is 0 Å². The average molecular weight is 588 g/mol. The minimum atomic E-state index is -0.0843. The van der Waals surface area contributed by atoms with Crippen LogP contribution in [0.5, 0.6) is 0 Å². The van der Waals surface area contributed by atoms with Gasteiger partial charge in [-0.05, 0) is 96.7 Å². The molecular weight excluding hydrogens is 555 g/mol. The number of anilines is 3. The molecule has 218 valence electrons. The van der Waals surface area contributed by atoms with E-state index >= 15 is 0 Å². The fourth-order valence-electron chi connectivity index (χ4n) is 7.65. The smallest absolute Gasteiger partial charge is 0.0546 e. The van der Waals surface area contributed by atoms with Crippen molar-refractivity contribution in [1.82, 2.24) is 0 Å². The number of benzene rings is 8. The first-order valence-electron chi connectivity index (χ1n) is 16.1. The first-order valence-corrected chi connectivity index (χ1v) is 16.1. The summed E-state index contributed by atoms with van der Waals surface area (Å²) < 4.78 is 0. The lowest BCUT2D eigenvalue weighted by atomic mass is 9.82. The number of hydrogen-bond donors (Lipinski definition) is 0. The van der Waals surface area contributed by atoms with E-state index in [4.69, 9.17) is 0 Å². The van der Waals surface area contributed by atoms with E-state index in [0.29, 0.717) is 0 Å². The van der Waals surface area contributed by atoms with Crippen LogP contribution in [0.15, 0.2) is 164 Å². The lowest BCUT2D eigenvalue weighted by Gasteiger charge is -2.29. The van der Waals surface area contributed by atoms with Gasteiger partial charge < -0.3 is 4.90 Å². The maximum Gasteiger partial charge on any atom is 0.0546 e. The molecule has 0 heterocycles. The lowest BCUT2D eigenvalue weighted by molar-refractivity contribution is 0.660. The molecule has 0 saturated carbocycles. The van der Waals surface area contributed by atoms with Crippen LogP contribution in [0.1, 0.15) is 25.0 Å². The summed E-state index contributed by atoms with van der Waals surface area (Å²) in [6, 6.07) is 60.3. The van der Waals surface area contributed by atoms with Crippen LogP contribution >= 0.6 is 0 Å². The number of fused-ring (bicyclic) bond motifs is 7. The molecule has 1 nitrogen and oxygen atoms in total. The Labute approximate surface area is 270 Å². The van der Waals surface area contributed by atoms with Gasteiger partial charge in [0.15, 0.2) is 0 Å². The number of hydrogen-bond acceptors (Lipinski definition) is 1. The van der Waals surface area contributed by atoms with Gasteiger partial charge in [-0.2, -0.15) is 0 Å². The normalized spacial score (nSPS) is 13.2. The molecule has 0 aromatic heterocycles. The molecule has 0 amide bonds. The van der Waals surface area contributed by atoms with E-state index in [2.05, 4.69) is 183 Å². The van der Waals surface area contributed by atoms with Crippen molar-refractivity contribution in [1.29, 1.82) is 0 Å². The number of rotatable bonds is 4. The summed E-state index contributed by atoms with van der Waals surface area (Å²) in [6.45, 7) is 4.71. The molecule has 0 aliphatic heterocycles. The van der Waals surface area contributed by atoms with Crippen molar-refractivity contribution in [2.75, 3.05) is 4.90 Å². The third-order valence-electron chi connectivity index (χ3n) is 10.0. The van der Waals surface area contributed by atoms with Crippen molar-refractivity contribution in [3.63, 3.8) is 0 Å². The summed E-state index contributed by atoms with van der Waals surface area (Å²) in [6.07, 6.45) is 0. The van der Waals surface area contributed by atoms with E-state index in [0.717, 1.165) is 5.69 Å². The third kappa shape index (κ3) is 4.09. The van der Waals surface area contributed by atoms with Crippen LogP contribution in [0.2, 0.25) is 0 Å². The summed E-state index contributed by atoms with van der Waals surface area (Å²) >= 11 is 0. The second-order valence-corrected chi connectivity index (χ2v) is 13.0. The summed E-state index contributed by atoms with van der Waals surface area (Å²) in [5.74, 6) is 0. The molecule has 0 saturated heterocycles. The zero-order valence-corrected chi connectivity index (χ0v) is 26.0. The zero-order chi connectivity index (χ0) is 30.8. The highest BCUT2D eigenvalue weighted by molar-refractivity contribution is 6.14. The van der Waals surface area contributed by atoms with Gasteiger partial charge in [-0.1, -0.05) is 141 Å². The molecule has 46 heavy (non-hydrogen) atoms. The highest BCUT2D eigenvalue weighted by atomic mass is 15.1. The summed E-state index contributed by atoms with van der Waals surface area (Å²) in [7, 11) is 0. The zero-order valence-electron chi connectivity index (χ0n) is 26.0. The van der Waals surface area contributed by atoms with Crippen LogP contribution < -0.4 is 4.90 Å². The fraction of sp³-hybridized carbons (Fsp3) is 0.0667. The van der Waals surface area contributed by atoms with E-state index in [-0.39, 0.29) is 5.41 Å². The van der Waals surface area contributed by atoms with Crippen molar-refractivity contribution < 1.29 is 0 Å². The Hall–Kier alpha value is -5.66. The monoisotopic (exact) mass is 587 g/mol. The Morgan fingerprint density at radius 2 is 1.00 bits per heavy atom. The van der Waals surface area contributed by atoms with Gasteiger partial charge in [-0.3, -0.25) is 0 Å². The van der Waals surface area contributed by atoms with Gasteiger partial charge in [0.1, 0.15) is 0 Å². The van der Waals surface area contributed by atoms with E-state index in [1.54, 1.807) is 0 Å². The van der Waals surface area contributed by atoms with Crippen LogP contribution in [-0.4, -0.2) is 0 Å². The molecule has 1 aliphatic carbocycles. The first kappa shape index (κ1) is 26.7. The third-order valence-corrected chi connectivity index (χ3v) is 10.0. The van der Waals surface area contributed by atoms with Gasteiger partial charge in [0.2, 0.25) is 0 Å². The minimum Gasteiger partial charge on any atom is -0.310 e. The molecule has 0 N–H and O–H groups in total. The molecule has 0 spiro atoms. The van der Waals surface area contributed by atoms with E-state index in [1.807, 2.05) is 0 Å². The van der Waals surface area contributed by atoms with Gasteiger partial charge in [0.25, 0.3) is 0 Å². The Bertz CT molecular complexity index is 2450. The first-order chi connectivity index (χ1) is 22.6. The maximum absolute atomic E-state index is 2.46. The number of nitrogens with zero attached hydrogens (tertiary/aromatic N) is 1. The van der Waals surface area contributed by atoms with Crippen LogP contribution in [0.25, 0.3) is 54.6 Å². The molecule has 1 aliphatic rings. The highest BCUT2D eigenvalue weighted by Crippen LogP contribution is 2.51. The Morgan fingerprint density at radius 1 is 0.391 bits per heavy atom. The highest BCUT2D eigenvalue weighted by Gasteiger charge is 2.35. The van der Waals surface area contributed by atoms with Crippen molar-refractivity contribution in [2.45, 2.75) is 19.3 Å². The van der Waals surface area contributed by atoms with E-state index in [1.165, 1.54) is 77.1 Å². The maximum atomic E-state index is 2.46. The largest absolute Gasteiger partial charge is 0.310 e. The second kappa shape index (κ2) is 10.2. The molecule has 0 radical (unpaired) electrons. The quantitative estimate of drug-likeness (QED) is 0.185. The van der Waals surface area contributed by atoms with E-state index < -0.39 is 0 Å². The van der Waals surface area contributed by atoms with E-state index in [9.17, 15) is 0 Å². The van der Waals surface area contributed by atoms with Gasteiger partial charge >= 0.3 is 0 Å². The molecule has 8 aromatic rings. The van der Waals surface area contributed by atoms with Gasteiger partial charge in [0.05, 0.1) is 5.69 Å².